The van der Waals surface area contributed by atoms with Crippen LogP contribution in [0.3, 0.4) is 0 Å². The van der Waals surface area contributed by atoms with Gasteiger partial charge in [-0.05, 0) is 36.9 Å². The maximum absolute atomic E-state index is 6.23. The number of hydrogen-bond donors (Lipinski definition) is 1. The van der Waals surface area contributed by atoms with Gasteiger partial charge in [0.1, 0.15) is 5.58 Å². The van der Waals surface area contributed by atoms with E-state index in [1.165, 1.54) is 32.4 Å². The SMILES string of the molecule is Clc1oc2ccccc2c1CNC1CCN(C2CC2)C1. The van der Waals surface area contributed by atoms with Crippen LogP contribution in [0.25, 0.3) is 11.0 Å². The maximum Gasteiger partial charge on any atom is 0.199 e. The molecule has 4 rings (SSSR count). The Morgan fingerprint density at radius 3 is 2.95 bits per heavy atom. The van der Waals surface area contributed by atoms with Crippen LogP contribution in [0.15, 0.2) is 28.7 Å². The molecule has 2 aliphatic rings. The summed E-state index contributed by atoms with van der Waals surface area (Å²) in [5.74, 6) is 0. The molecule has 106 valence electrons. The number of rotatable bonds is 4. The first-order valence-corrected chi connectivity index (χ1v) is 7.82. The van der Waals surface area contributed by atoms with Gasteiger partial charge in [0.25, 0.3) is 0 Å². The monoisotopic (exact) mass is 290 g/mol. The molecule has 4 heteroatoms. The van der Waals surface area contributed by atoms with Crippen LogP contribution in [0.5, 0.6) is 0 Å². The van der Waals surface area contributed by atoms with E-state index in [2.05, 4.69) is 16.3 Å². The minimum absolute atomic E-state index is 0.524. The second-order valence-electron chi connectivity index (χ2n) is 5.94. The summed E-state index contributed by atoms with van der Waals surface area (Å²) in [6.07, 6.45) is 4.03. The van der Waals surface area contributed by atoms with Gasteiger partial charge in [0, 0.05) is 42.7 Å². The van der Waals surface area contributed by atoms with Crippen molar-refractivity contribution >= 4 is 22.6 Å². The lowest BCUT2D eigenvalue weighted by Gasteiger charge is -2.15. The summed E-state index contributed by atoms with van der Waals surface area (Å²) in [7, 11) is 0. The van der Waals surface area contributed by atoms with E-state index in [0.717, 1.165) is 29.1 Å². The number of furan rings is 1. The van der Waals surface area contributed by atoms with Gasteiger partial charge in [-0.3, -0.25) is 4.90 Å². The van der Waals surface area contributed by atoms with Gasteiger partial charge >= 0.3 is 0 Å². The Morgan fingerprint density at radius 2 is 2.10 bits per heavy atom. The third kappa shape index (κ3) is 2.34. The maximum atomic E-state index is 6.23. The van der Waals surface area contributed by atoms with Gasteiger partial charge in [0.15, 0.2) is 5.22 Å². The molecule has 2 heterocycles. The normalized spacial score (nSPS) is 23.8. The molecule has 20 heavy (non-hydrogen) atoms. The molecule has 1 aromatic carbocycles. The highest BCUT2D eigenvalue weighted by Crippen LogP contribution is 2.31. The van der Waals surface area contributed by atoms with Crippen LogP contribution < -0.4 is 5.32 Å². The van der Waals surface area contributed by atoms with Gasteiger partial charge in [0.2, 0.25) is 0 Å². The number of nitrogens with zero attached hydrogens (tertiary/aromatic N) is 1. The highest BCUT2D eigenvalue weighted by atomic mass is 35.5. The molecular weight excluding hydrogens is 272 g/mol. The van der Waals surface area contributed by atoms with Crippen molar-refractivity contribution in [3.05, 3.63) is 35.0 Å². The average molecular weight is 291 g/mol. The van der Waals surface area contributed by atoms with Gasteiger partial charge in [-0.1, -0.05) is 18.2 Å². The van der Waals surface area contributed by atoms with E-state index >= 15 is 0 Å². The fraction of sp³-hybridized carbons (Fsp3) is 0.500. The minimum Gasteiger partial charge on any atom is -0.444 e. The van der Waals surface area contributed by atoms with E-state index in [-0.39, 0.29) is 0 Å². The first-order chi connectivity index (χ1) is 9.81. The Labute approximate surface area is 123 Å². The van der Waals surface area contributed by atoms with Crippen LogP contribution >= 0.6 is 11.6 Å². The van der Waals surface area contributed by atoms with Gasteiger partial charge in [-0.25, -0.2) is 0 Å². The van der Waals surface area contributed by atoms with E-state index in [0.29, 0.717) is 11.3 Å². The Bertz CT molecular complexity index is 620. The minimum atomic E-state index is 0.524. The predicted molar refractivity (Wildman–Crippen MR) is 81.1 cm³/mol. The van der Waals surface area contributed by atoms with Crippen LogP contribution in [0.2, 0.25) is 5.22 Å². The zero-order valence-electron chi connectivity index (χ0n) is 11.4. The molecule has 2 aromatic rings. The first-order valence-electron chi connectivity index (χ1n) is 7.44. The van der Waals surface area contributed by atoms with Crippen LogP contribution in [0, 0.1) is 0 Å². The van der Waals surface area contributed by atoms with E-state index in [9.17, 15) is 0 Å². The second kappa shape index (κ2) is 5.06. The number of halogens is 1. The lowest BCUT2D eigenvalue weighted by molar-refractivity contribution is 0.317. The molecule has 1 aliphatic heterocycles. The smallest absolute Gasteiger partial charge is 0.199 e. The van der Waals surface area contributed by atoms with Crippen molar-refractivity contribution in [1.29, 1.82) is 0 Å². The number of nitrogens with one attached hydrogen (secondary N) is 1. The van der Waals surface area contributed by atoms with E-state index < -0.39 is 0 Å². The number of likely N-dealkylation sites (tertiary alicyclic amines) is 1. The van der Waals surface area contributed by atoms with Crippen molar-refractivity contribution in [3.63, 3.8) is 0 Å². The fourth-order valence-electron chi connectivity index (χ4n) is 3.21. The summed E-state index contributed by atoms with van der Waals surface area (Å²) in [4.78, 5) is 2.62. The Balaban J connectivity index is 1.44. The fourth-order valence-corrected chi connectivity index (χ4v) is 3.46. The van der Waals surface area contributed by atoms with Crippen molar-refractivity contribution in [3.8, 4) is 0 Å². The summed E-state index contributed by atoms with van der Waals surface area (Å²) < 4.78 is 5.60. The molecule has 1 saturated carbocycles. The molecule has 1 aliphatic carbocycles. The molecule has 0 radical (unpaired) electrons. The van der Waals surface area contributed by atoms with Crippen molar-refractivity contribution < 1.29 is 4.42 Å². The Hall–Kier alpha value is -1.03. The molecule has 1 unspecified atom stereocenters. The molecule has 0 spiro atoms. The zero-order valence-corrected chi connectivity index (χ0v) is 12.2. The summed E-state index contributed by atoms with van der Waals surface area (Å²) in [6, 6.07) is 9.51. The number of benzene rings is 1. The third-order valence-corrected chi connectivity index (χ3v) is 4.80. The summed E-state index contributed by atoms with van der Waals surface area (Å²) in [5.41, 5.74) is 1.97. The van der Waals surface area contributed by atoms with E-state index in [4.69, 9.17) is 16.0 Å². The molecular formula is C16H19ClN2O. The van der Waals surface area contributed by atoms with Crippen LogP contribution in [0.1, 0.15) is 24.8 Å². The number of fused-ring (bicyclic) bond motifs is 1. The molecule has 1 atom stereocenters. The number of para-hydroxylation sites is 1. The predicted octanol–water partition coefficient (Wildman–Crippen LogP) is 3.41. The standard InChI is InChI=1S/C16H19ClN2O/c17-16-14(13-3-1-2-4-15(13)20-16)9-18-11-7-8-19(10-11)12-5-6-12/h1-4,11-12,18H,5-10H2. The molecule has 0 amide bonds. The molecule has 2 fully saturated rings. The first kappa shape index (κ1) is 12.7. The van der Waals surface area contributed by atoms with Gasteiger partial charge in [-0.2, -0.15) is 0 Å². The van der Waals surface area contributed by atoms with E-state index in [1.807, 2.05) is 18.2 Å². The van der Waals surface area contributed by atoms with Gasteiger partial charge in [-0.15, -0.1) is 0 Å². The molecule has 0 bridgehead atoms. The topological polar surface area (TPSA) is 28.4 Å². The van der Waals surface area contributed by atoms with Gasteiger partial charge < -0.3 is 9.73 Å². The lowest BCUT2D eigenvalue weighted by atomic mass is 10.1. The number of hydrogen-bond acceptors (Lipinski definition) is 3. The Kier molecular flexibility index (Phi) is 3.21. The largest absolute Gasteiger partial charge is 0.444 e. The summed E-state index contributed by atoms with van der Waals surface area (Å²) in [5, 5.41) is 5.29. The van der Waals surface area contributed by atoms with Crippen molar-refractivity contribution in [1.82, 2.24) is 10.2 Å². The molecule has 1 saturated heterocycles. The van der Waals surface area contributed by atoms with Crippen molar-refractivity contribution in [2.75, 3.05) is 13.1 Å². The third-order valence-electron chi connectivity index (χ3n) is 4.50. The summed E-state index contributed by atoms with van der Waals surface area (Å²) >= 11 is 6.23. The van der Waals surface area contributed by atoms with Crippen molar-refractivity contribution in [2.24, 2.45) is 0 Å². The van der Waals surface area contributed by atoms with Gasteiger partial charge in [0.05, 0.1) is 0 Å². The summed E-state index contributed by atoms with van der Waals surface area (Å²) in [6.45, 7) is 3.21. The Morgan fingerprint density at radius 1 is 1.25 bits per heavy atom. The zero-order chi connectivity index (χ0) is 13.5. The molecule has 1 aromatic heterocycles. The van der Waals surface area contributed by atoms with Crippen LogP contribution in [0.4, 0.5) is 0 Å². The lowest BCUT2D eigenvalue weighted by Crippen LogP contribution is -2.32. The van der Waals surface area contributed by atoms with Crippen LogP contribution in [-0.4, -0.2) is 30.1 Å². The highest BCUT2D eigenvalue weighted by molar-refractivity contribution is 6.30. The average Bonchev–Trinajstić information content (AvgIpc) is 3.11. The molecule has 3 nitrogen and oxygen atoms in total. The van der Waals surface area contributed by atoms with E-state index in [1.54, 1.807) is 0 Å². The van der Waals surface area contributed by atoms with Crippen LogP contribution in [-0.2, 0) is 6.54 Å². The second-order valence-corrected chi connectivity index (χ2v) is 6.29. The quantitative estimate of drug-likeness (QED) is 0.935. The van der Waals surface area contributed by atoms with Crippen molar-refractivity contribution in [2.45, 2.75) is 37.9 Å². The highest BCUT2D eigenvalue weighted by Gasteiger charge is 2.34. The molecule has 1 N–H and O–H groups in total.